The first kappa shape index (κ1) is 16.5. The van der Waals surface area contributed by atoms with E-state index in [-0.39, 0.29) is 0 Å². The van der Waals surface area contributed by atoms with Gasteiger partial charge in [0.15, 0.2) is 5.82 Å². The SMILES string of the molecule is COc1ccc(NC(=O)c2c(F)cccc2F)cc1-n1nnnc1C. The van der Waals surface area contributed by atoms with Crippen molar-refractivity contribution in [3.8, 4) is 11.4 Å². The molecule has 0 radical (unpaired) electrons. The van der Waals surface area contributed by atoms with E-state index in [0.29, 0.717) is 22.9 Å². The third-order valence-corrected chi connectivity index (χ3v) is 3.48. The molecule has 3 rings (SSSR count). The van der Waals surface area contributed by atoms with E-state index in [2.05, 4.69) is 20.8 Å². The molecule has 1 N–H and O–H groups in total. The number of hydrogen-bond acceptors (Lipinski definition) is 5. The number of hydrogen-bond donors (Lipinski definition) is 1. The molecule has 25 heavy (non-hydrogen) atoms. The van der Waals surface area contributed by atoms with Crippen molar-refractivity contribution < 1.29 is 18.3 Å². The molecule has 2 aromatic carbocycles. The highest BCUT2D eigenvalue weighted by atomic mass is 19.1. The van der Waals surface area contributed by atoms with E-state index in [9.17, 15) is 13.6 Å². The van der Waals surface area contributed by atoms with Gasteiger partial charge in [-0.25, -0.2) is 8.78 Å². The van der Waals surface area contributed by atoms with Crippen LogP contribution < -0.4 is 10.1 Å². The number of aryl methyl sites for hydroxylation is 1. The predicted octanol–water partition coefficient (Wildman–Crippen LogP) is 2.51. The van der Waals surface area contributed by atoms with Gasteiger partial charge in [-0.05, 0) is 47.7 Å². The van der Waals surface area contributed by atoms with Gasteiger partial charge in [-0.15, -0.1) is 5.10 Å². The maximum absolute atomic E-state index is 13.7. The molecule has 1 amide bonds. The molecule has 0 aliphatic carbocycles. The van der Waals surface area contributed by atoms with Gasteiger partial charge in [-0.1, -0.05) is 6.07 Å². The minimum absolute atomic E-state index is 0.304. The number of ether oxygens (including phenoxy) is 1. The van der Waals surface area contributed by atoms with Gasteiger partial charge in [-0.3, -0.25) is 4.79 Å². The Hall–Kier alpha value is -3.36. The van der Waals surface area contributed by atoms with Gasteiger partial charge in [0, 0.05) is 5.69 Å². The molecule has 3 aromatic rings. The van der Waals surface area contributed by atoms with Gasteiger partial charge in [-0.2, -0.15) is 4.68 Å². The first-order chi connectivity index (χ1) is 12.0. The number of halogens is 2. The van der Waals surface area contributed by atoms with Crippen molar-refractivity contribution in [1.82, 2.24) is 20.2 Å². The molecule has 0 fully saturated rings. The van der Waals surface area contributed by atoms with Crippen LogP contribution in [0, 0.1) is 18.6 Å². The molecule has 0 spiro atoms. The Morgan fingerprint density at radius 2 is 1.92 bits per heavy atom. The van der Waals surface area contributed by atoms with Crippen LogP contribution in [0.25, 0.3) is 5.69 Å². The van der Waals surface area contributed by atoms with Crippen LogP contribution in [-0.2, 0) is 0 Å². The highest BCUT2D eigenvalue weighted by Gasteiger charge is 2.18. The molecule has 0 unspecified atom stereocenters. The summed E-state index contributed by atoms with van der Waals surface area (Å²) in [6.07, 6.45) is 0. The molecule has 1 heterocycles. The Bertz CT molecular complexity index is 922. The number of tetrazole rings is 1. The molecular formula is C16H13F2N5O2. The van der Waals surface area contributed by atoms with E-state index in [4.69, 9.17) is 4.74 Å². The lowest BCUT2D eigenvalue weighted by Crippen LogP contribution is -2.16. The van der Waals surface area contributed by atoms with E-state index in [1.165, 1.54) is 17.9 Å². The molecule has 0 aliphatic rings. The molecular weight excluding hydrogens is 332 g/mol. The summed E-state index contributed by atoms with van der Waals surface area (Å²) in [6.45, 7) is 1.69. The van der Waals surface area contributed by atoms with E-state index in [1.54, 1.807) is 25.1 Å². The minimum atomic E-state index is -0.942. The summed E-state index contributed by atoms with van der Waals surface area (Å²) in [5.74, 6) is -1.82. The Labute approximate surface area is 141 Å². The number of nitrogens with zero attached hydrogens (tertiary/aromatic N) is 4. The van der Waals surface area contributed by atoms with Crippen molar-refractivity contribution >= 4 is 11.6 Å². The molecule has 9 heteroatoms. The Morgan fingerprint density at radius 3 is 2.52 bits per heavy atom. The summed E-state index contributed by atoms with van der Waals surface area (Å²) >= 11 is 0. The number of carbonyl (C=O) groups excluding carboxylic acids is 1. The number of carbonyl (C=O) groups is 1. The van der Waals surface area contributed by atoms with Crippen LogP contribution in [-0.4, -0.2) is 33.2 Å². The molecule has 1 aromatic heterocycles. The molecule has 7 nitrogen and oxygen atoms in total. The van der Waals surface area contributed by atoms with Gasteiger partial charge < -0.3 is 10.1 Å². The van der Waals surface area contributed by atoms with E-state index in [0.717, 1.165) is 12.1 Å². The average Bonchev–Trinajstić information content (AvgIpc) is 3.00. The van der Waals surface area contributed by atoms with Gasteiger partial charge in [0.25, 0.3) is 5.91 Å². The van der Waals surface area contributed by atoms with Crippen molar-refractivity contribution in [3.05, 3.63) is 59.4 Å². The van der Waals surface area contributed by atoms with Crippen molar-refractivity contribution in [2.75, 3.05) is 12.4 Å². The predicted molar refractivity (Wildman–Crippen MR) is 84.8 cm³/mol. The number of rotatable bonds is 4. The Kier molecular flexibility index (Phi) is 4.38. The molecule has 0 atom stereocenters. The summed E-state index contributed by atoms with van der Waals surface area (Å²) < 4.78 is 34.1. The van der Waals surface area contributed by atoms with E-state index in [1.807, 2.05) is 0 Å². The highest BCUT2D eigenvalue weighted by molar-refractivity contribution is 6.04. The maximum Gasteiger partial charge on any atom is 0.261 e. The smallest absolute Gasteiger partial charge is 0.261 e. The monoisotopic (exact) mass is 345 g/mol. The van der Waals surface area contributed by atoms with Crippen molar-refractivity contribution in [1.29, 1.82) is 0 Å². The fourth-order valence-electron chi connectivity index (χ4n) is 2.30. The van der Waals surface area contributed by atoms with Crippen LogP contribution >= 0.6 is 0 Å². The first-order valence-electron chi connectivity index (χ1n) is 7.20. The molecule has 0 saturated heterocycles. The number of aromatic nitrogens is 4. The zero-order valence-electron chi connectivity index (χ0n) is 13.3. The van der Waals surface area contributed by atoms with Gasteiger partial charge in [0.2, 0.25) is 0 Å². The maximum atomic E-state index is 13.7. The lowest BCUT2D eigenvalue weighted by Gasteiger charge is -2.12. The topological polar surface area (TPSA) is 81.9 Å². The van der Waals surface area contributed by atoms with Crippen LogP contribution in [0.5, 0.6) is 5.75 Å². The van der Waals surface area contributed by atoms with E-state index >= 15 is 0 Å². The summed E-state index contributed by atoms with van der Waals surface area (Å²) in [6, 6.07) is 7.89. The summed E-state index contributed by atoms with van der Waals surface area (Å²) in [7, 11) is 1.48. The second kappa shape index (κ2) is 6.63. The highest BCUT2D eigenvalue weighted by Crippen LogP contribution is 2.27. The largest absolute Gasteiger partial charge is 0.494 e. The van der Waals surface area contributed by atoms with Crippen LogP contribution in [0.15, 0.2) is 36.4 Å². The number of methoxy groups -OCH3 is 1. The van der Waals surface area contributed by atoms with Crippen LogP contribution in [0.1, 0.15) is 16.2 Å². The standard InChI is InChI=1S/C16H13F2N5O2/c1-9-20-21-22-23(9)13-8-10(6-7-14(13)25-2)19-16(24)15-11(17)4-3-5-12(15)18/h3-8H,1-2H3,(H,19,24). The van der Waals surface area contributed by atoms with Gasteiger partial charge >= 0.3 is 0 Å². The molecule has 128 valence electrons. The summed E-state index contributed by atoms with van der Waals surface area (Å²) in [5, 5.41) is 13.6. The number of nitrogens with one attached hydrogen (secondary N) is 1. The fraction of sp³-hybridized carbons (Fsp3) is 0.125. The average molecular weight is 345 g/mol. The minimum Gasteiger partial charge on any atom is -0.494 e. The zero-order chi connectivity index (χ0) is 18.0. The lowest BCUT2D eigenvalue weighted by atomic mass is 10.1. The third-order valence-electron chi connectivity index (χ3n) is 3.48. The molecule has 0 bridgehead atoms. The Balaban J connectivity index is 1.96. The van der Waals surface area contributed by atoms with Crippen LogP contribution in [0.2, 0.25) is 0 Å². The first-order valence-corrected chi connectivity index (χ1v) is 7.20. The van der Waals surface area contributed by atoms with E-state index < -0.39 is 23.1 Å². The second-order valence-electron chi connectivity index (χ2n) is 5.08. The lowest BCUT2D eigenvalue weighted by molar-refractivity contribution is 0.101. The second-order valence-corrected chi connectivity index (χ2v) is 5.08. The normalized spacial score (nSPS) is 10.6. The number of anilines is 1. The van der Waals surface area contributed by atoms with Gasteiger partial charge in [0.05, 0.1) is 7.11 Å². The zero-order valence-corrected chi connectivity index (χ0v) is 13.3. The number of benzene rings is 2. The van der Waals surface area contributed by atoms with Crippen molar-refractivity contribution in [2.45, 2.75) is 6.92 Å². The van der Waals surface area contributed by atoms with Crippen molar-refractivity contribution in [2.24, 2.45) is 0 Å². The van der Waals surface area contributed by atoms with Crippen LogP contribution in [0.3, 0.4) is 0 Å². The molecule has 0 saturated carbocycles. The number of amides is 1. The Morgan fingerprint density at radius 1 is 1.20 bits per heavy atom. The fourth-order valence-corrected chi connectivity index (χ4v) is 2.30. The van der Waals surface area contributed by atoms with Crippen molar-refractivity contribution in [3.63, 3.8) is 0 Å². The summed E-state index contributed by atoms with van der Waals surface area (Å²) in [5.41, 5.74) is 0.119. The third kappa shape index (κ3) is 3.16. The van der Waals surface area contributed by atoms with Gasteiger partial charge in [0.1, 0.15) is 28.6 Å². The quantitative estimate of drug-likeness (QED) is 0.786. The molecule has 0 aliphatic heterocycles. The van der Waals surface area contributed by atoms with Crippen LogP contribution in [0.4, 0.5) is 14.5 Å². The summed E-state index contributed by atoms with van der Waals surface area (Å²) in [4.78, 5) is 12.2.